The standard InChI is InChI=1S/C14H20N2O2/c1-13(2,3)18-12(17)16-11-6-4-5-10(9-11)14(15)7-8-14/h4-6,9H,7-8,15H2,1-3H3,(H,16,17). The highest BCUT2D eigenvalue weighted by molar-refractivity contribution is 5.85. The Morgan fingerprint density at radius 1 is 1.39 bits per heavy atom. The van der Waals surface area contributed by atoms with Gasteiger partial charge in [-0.15, -0.1) is 0 Å². The molecule has 3 N–H and O–H groups in total. The normalized spacial score (nSPS) is 17.1. The smallest absolute Gasteiger partial charge is 0.412 e. The zero-order chi connectivity index (χ0) is 13.4. The van der Waals surface area contributed by atoms with Crippen molar-refractivity contribution in [3.63, 3.8) is 0 Å². The molecule has 0 unspecified atom stereocenters. The highest BCUT2D eigenvalue weighted by atomic mass is 16.6. The highest BCUT2D eigenvalue weighted by Crippen LogP contribution is 2.43. The van der Waals surface area contributed by atoms with Crippen LogP contribution in [0.4, 0.5) is 10.5 Å². The maximum atomic E-state index is 11.6. The molecule has 4 nitrogen and oxygen atoms in total. The average molecular weight is 248 g/mol. The van der Waals surface area contributed by atoms with Gasteiger partial charge in [0.25, 0.3) is 0 Å². The molecule has 0 bridgehead atoms. The Morgan fingerprint density at radius 3 is 2.61 bits per heavy atom. The van der Waals surface area contributed by atoms with Crippen LogP contribution in [0.15, 0.2) is 24.3 Å². The lowest BCUT2D eigenvalue weighted by Gasteiger charge is -2.20. The van der Waals surface area contributed by atoms with E-state index >= 15 is 0 Å². The van der Waals surface area contributed by atoms with Crippen LogP contribution >= 0.6 is 0 Å². The van der Waals surface area contributed by atoms with Gasteiger partial charge in [-0.2, -0.15) is 0 Å². The lowest BCUT2D eigenvalue weighted by atomic mass is 10.1. The third kappa shape index (κ3) is 3.23. The molecular formula is C14H20N2O2. The molecule has 0 aliphatic heterocycles. The van der Waals surface area contributed by atoms with Crippen molar-refractivity contribution in [3.8, 4) is 0 Å². The van der Waals surface area contributed by atoms with Crippen LogP contribution < -0.4 is 11.1 Å². The zero-order valence-electron chi connectivity index (χ0n) is 11.1. The number of rotatable bonds is 2. The minimum absolute atomic E-state index is 0.189. The number of anilines is 1. The molecule has 1 fully saturated rings. The molecule has 2 rings (SSSR count). The van der Waals surface area contributed by atoms with Crippen molar-refractivity contribution in [2.45, 2.75) is 44.8 Å². The molecule has 0 radical (unpaired) electrons. The van der Waals surface area contributed by atoms with Gasteiger partial charge in [0, 0.05) is 11.2 Å². The van der Waals surface area contributed by atoms with Gasteiger partial charge >= 0.3 is 6.09 Å². The number of carbonyl (C=O) groups is 1. The third-order valence-corrected chi connectivity index (χ3v) is 2.87. The predicted octanol–water partition coefficient (Wildman–Crippen LogP) is 2.98. The van der Waals surface area contributed by atoms with Crippen molar-refractivity contribution in [1.82, 2.24) is 0 Å². The van der Waals surface area contributed by atoms with Gasteiger partial charge in [0.05, 0.1) is 0 Å². The minimum Gasteiger partial charge on any atom is -0.444 e. The van der Waals surface area contributed by atoms with Crippen LogP contribution in [0.3, 0.4) is 0 Å². The largest absolute Gasteiger partial charge is 0.444 e. The second kappa shape index (κ2) is 4.28. The quantitative estimate of drug-likeness (QED) is 0.845. The number of carbonyl (C=O) groups excluding carboxylic acids is 1. The van der Waals surface area contributed by atoms with Crippen LogP contribution in [0.1, 0.15) is 39.2 Å². The van der Waals surface area contributed by atoms with Crippen molar-refractivity contribution in [2.75, 3.05) is 5.32 Å². The van der Waals surface area contributed by atoms with Crippen molar-refractivity contribution in [2.24, 2.45) is 5.73 Å². The van der Waals surface area contributed by atoms with Crippen LogP contribution in [-0.4, -0.2) is 11.7 Å². The minimum atomic E-state index is -0.493. The van der Waals surface area contributed by atoms with Crippen LogP contribution in [-0.2, 0) is 10.3 Å². The maximum Gasteiger partial charge on any atom is 0.412 e. The Balaban J connectivity index is 2.04. The summed E-state index contributed by atoms with van der Waals surface area (Å²) in [6.07, 6.45) is 1.56. The number of amides is 1. The first-order chi connectivity index (χ1) is 8.28. The van der Waals surface area contributed by atoms with Gasteiger partial charge in [-0.25, -0.2) is 4.79 Å². The van der Waals surface area contributed by atoms with Crippen LogP contribution in [0.25, 0.3) is 0 Å². The summed E-state index contributed by atoms with van der Waals surface area (Å²) < 4.78 is 5.20. The first kappa shape index (κ1) is 12.9. The monoisotopic (exact) mass is 248 g/mol. The fourth-order valence-corrected chi connectivity index (χ4v) is 1.75. The molecule has 0 aromatic heterocycles. The van der Waals surface area contributed by atoms with E-state index in [9.17, 15) is 4.79 Å². The lowest BCUT2D eigenvalue weighted by molar-refractivity contribution is 0.0636. The SMILES string of the molecule is CC(C)(C)OC(=O)Nc1cccc(C2(N)CC2)c1. The number of benzene rings is 1. The Labute approximate surface area is 108 Å². The van der Waals surface area contributed by atoms with E-state index in [1.165, 1.54) is 0 Å². The molecule has 1 saturated carbocycles. The van der Waals surface area contributed by atoms with E-state index in [1.807, 2.05) is 45.0 Å². The van der Waals surface area contributed by atoms with E-state index < -0.39 is 11.7 Å². The molecule has 0 atom stereocenters. The fourth-order valence-electron chi connectivity index (χ4n) is 1.75. The Kier molecular flexibility index (Phi) is 3.07. The second-order valence-electron chi connectivity index (χ2n) is 5.86. The molecule has 1 aliphatic carbocycles. The molecular weight excluding hydrogens is 228 g/mol. The maximum absolute atomic E-state index is 11.6. The van der Waals surface area contributed by atoms with Gasteiger partial charge in [-0.05, 0) is 51.3 Å². The van der Waals surface area contributed by atoms with Crippen LogP contribution in [0.5, 0.6) is 0 Å². The van der Waals surface area contributed by atoms with Gasteiger partial charge < -0.3 is 10.5 Å². The van der Waals surface area contributed by atoms with Crippen molar-refractivity contribution in [1.29, 1.82) is 0 Å². The summed E-state index contributed by atoms with van der Waals surface area (Å²) in [6.45, 7) is 5.51. The summed E-state index contributed by atoms with van der Waals surface area (Å²) >= 11 is 0. The van der Waals surface area contributed by atoms with Crippen molar-refractivity contribution in [3.05, 3.63) is 29.8 Å². The molecule has 0 heterocycles. The first-order valence-corrected chi connectivity index (χ1v) is 6.18. The van der Waals surface area contributed by atoms with E-state index in [0.717, 1.165) is 24.1 Å². The topological polar surface area (TPSA) is 64.3 Å². The number of hydrogen-bond donors (Lipinski definition) is 2. The first-order valence-electron chi connectivity index (χ1n) is 6.18. The van der Waals surface area contributed by atoms with Gasteiger partial charge in [-0.1, -0.05) is 12.1 Å². The molecule has 4 heteroatoms. The van der Waals surface area contributed by atoms with Crippen molar-refractivity contribution < 1.29 is 9.53 Å². The molecule has 98 valence electrons. The Morgan fingerprint density at radius 2 is 2.06 bits per heavy atom. The molecule has 0 spiro atoms. The molecule has 1 aromatic carbocycles. The van der Waals surface area contributed by atoms with Gasteiger partial charge in [-0.3, -0.25) is 5.32 Å². The Bertz CT molecular complexity index is 459. The zero-order valence-corrected chi connectivity index (χ0v) is 11.1. The number of nitrogens with one attached hydrogen (secondary N) is 1. The summed E-state index contributed by atoms with van der Waals surface area (Å²) in [6, 6.07) is 7.64. The lowest BCUT2D eigenvalue weighted by Crippen LogP contribution is -2.27. The molecule has 0 saturated heterocycles. The van der Waals surface area contributed by atoms with Crippen LogP contribution in [0.2, 0.25) is 0 Å². The summed E-state index contributed by atoms with van der Waals surface area (Å²) in [5.74, 6) is 0. The van der Waals surface area contributed by atoms with Gasteiger partial charge in [0.15, 0.2) is 0 Å². The number of nitrogens with two attached hydrogens (primary N) is 1. The van der Waals surface area contributed by atoms with E-state index in [4.69, 9.17) is 10.5 Å². The second-order valence-corrected chi connectivity index (χ2v) is 5.86. The summed E-state index contributed by atoms with van der Waals surface area (Å²) in [7, 11) is 0. The molecule has 1 aliphatic rings. The summed E-state index contributed by atoms with van der Waals surface area (Å²) in [5, 5.41) is 2.72. The fraction of sp³-hybridized carbons (Fsp3) is 0.500. The number of ether oxygens (including phenoxy) is 1. The third-order valence-electron chi connectivity index (χ3n) is 2.87. The van der Waals surface area contributed by atoms with E-state index in [0.29, 0.717) is 0 Å². The number of hydrogen-bond acceptors (Lipinski definition) is 3. The predicted molar refractivity (Wildman–Crippen MR) is 71.4 cm³/mol. The van der Waals surface area contributed by atoms with E-state index in [2.05, 4.69) is 5.32 Å². The molecule has 1 aromatic rings. The average Bonchev–Trinajstić information content (AvgIpc) is 2.95. The summed E-state index contributed by atoms with van der Waals surface area (Å²) in [5.41, 5.74) is 7.23. The van der Waals surface area contributed by atoms with Gasteiger partial charge in [0.1, 0.15) is 5.60 Å². The molecule has 18 heavy (non-hydrogen) atoms. The highest BCUT2D eigenvalue weighted by Gasteiger charge is 2.39. The van der Waals surface area contributed by atoms with Gasteiger partial charge in [0.2, 0.25) is 0 Å². The van der Waals surface area contributed by atoms with Crippen molar-refractivity contribution >= 4 is 11.8 Å². The van der Waals surface area contributed by atoms with Crippen LogP contribution in [0, 0.1) is 0 Å². The molecule has 1 amide bonds. The van der Waals surface area contributed by atoms with E-state index in [1.54, 1.807) is 0 Å². The summed E-state index contributed by atoms with van der Waals surface area (Å²) in [4.78, 5) is 11.6. The Hall–Kier alpha value is -1.55. The van der Waals surface area contributed by atoms with E-state index in [-0.39, 0.29) is 5.54 Å².